The predicted molar refractivity (Wildman–Crippen MR) is 137 cm³/mol. The minimum atomic E-state index is -0.150. The second-order valence-electron chi connectivity index (χ2n) is 7.66. The highest BCUT2D eigenvalue weighted by molar-refractivity contribution is 6.35. The molecule has 1 aliphatic rings. The number of carbonyl (C=O) groups excluding carboxylic acids is 1. The molecule has 1 aromatic heterocycles. The fraction of sp³-hybridized carbons (Fsp3) is 0.0357. The van der Waals surface area contributed by atoms with Crippen LogP contribution in [0.15, 0.2) is 101 Å². The highest BCUT2D eigenvalue weighted by Crippen LogP contribution is 2.37. The number of ether oxygens (including phenoxy) is 1. The van der Waals surface area contributed by atoms with E-state index in [0.29, 0.717) is 32.7 Å². The lowest BCUT2D eigenvalue weighted by Gasteiger charge is -2.21. The van der Waals surface area contributed by atoms with E-state index in [1.54, 1.807) is 42.4 Å². The van der Waals surface area contributed by atoms with Crippen LogP contribution < -0.4 is 9.64 Å². The summed E-state index contributed by atoms with van der Waals surface area (Å²) >= 11 is 12.4. The number of anilines is 1. The second-order valence-corrected chi connectivity index (χ2v) is 8.50. The number of hydrogen-bond acceptors (Lipinski definition) is 3. The number of nitrogens with zero attached hydrogens (tertiary/aromatic N) is 1. The monoisotopic (exact) mass is 487 g/mol. The number of halogens is 2. The summed E-state index contributed by atoms with van der Waals surface area (Å²) in [5, 5.41) is 1.10. The van der Waals surface area contributed by atoms with Crippen LogP contribution in [0.5, 0.6) is 5.75 Å². The molecule has 5 rings (SSSR count). The van der Waals surface area contributed by atoms with Crippen molar-refractivity contribution in [2.75, 3.05) is 12.0 Å². The van der Waals surface area contributed by atoms with E-state index in [9.17, 15) is 4.79 Å². The summed E-state index contributed by atoms with van der Waals surface area (Å²) in [6, 6.07) is 26.0. The second kappa shape index (κ2) is 9.26. The fourth-order valence-corrected chi connectivity index (χ4v) is 4.22. The van der Waals surface area contributed by atoms with Gasteiger partial charge in [0, 0.05) is 21.8 Å². The lowest BCUT2D eigenvalue weighted by molar-refractivity contribution is -0.113. The Morgan fingerprint density at radius 1 is 0.912 bits per heavy atom. The number of methoxy groups -OCH3 is 1. The van der Waals surface area contributed by atoms with Gasteiger partial charge in [0.25, 0.3) is 5.91 Å². The predicted octanol–water partition coefficient (Wildman–Crippen LogP) is 7.73. The van der Waals surface area contributed by atoms with Crippen molar-refractivity contribution in [2.24, 2.45) is 0 Å². The van der Waals surface area contributed by atoms with Crippen molar-refractivity contribution in [2.45, 2.75) is 0 Å². The largest absolute Gasteiger partial charge is 0.497 e. The van der Waals surface area contributed by atoms with E-state index in [1.807, 2.05) is 66.7 Å². The van der Waals surface area contributed by atoms with E-state index < -0.39 is 0 Å². The molecular formula is C28H19Cl2NO3. The molecule has 0 atom stereocenters. The molecule has 1 aliphatic heterocycles. The maximum atomic E-state index is 13.5. The van der Waals surface area contributed by atoms with Gasteiger partial charge in [0.15, 0.2) is 0 Å². The maximum absolute atomic E-state index is 13.5. The third kappa shape index (κ3) is 4.26. The minimum Gasteiger partial charge on any atom is -0.497 e. The molecule has 0 unspecified atom stereocenters. The molecule has 6 heteroatoms. The number of rotatable bonds is 5. The molecule has 0 saturated heterocycles. The molecule has 4 aromatic rings. The summed E-state index contributed by atoms with van der Waals surface area (Å²) in [7, 11) is 1.61. The van der Waals surface area contributed by atoms with Gasteiger partial charge in [-0.05, 0) is 72.3 Å². The van der Waals surface area contributed by atoms with Gasteiger partial charge < -0.3 is 9.15 Å². The Hall–Kier alpha value is -3.73. The third-order valence-electron chi connectivity index (χ3n) is 5.50. The molecule has 0 bridgehead atoms. The van der Waals surface area contributed by atoms with Crippen LogP contribution in [0, 0.1) is 0 Å². The Bertz CT molecular complexity index is 1420. The Labute approximate surface area is 207 Å². The molecule has 0 fully saturated rings. The SMILES string of the molecule is COc1ccc(N2C(=O)/C(=C/c3ccc(-c4cc(Cl)ccc4Cl)o3)C=C2c2ccccc2)cc1. The molecule has 3 aromatic carbocycles. The van der Waals surface area contributed by atoms with Gasteiger partial charge in [-0.15, -0.1) is 0 Å². The molecule has 168 valence electrons. The Kier molecular flexibility index (Phi) is 6.01. The van der Waals surface area contributed by atoms with Crippen LogP contribution in [0.25, 0.3) is 23.1 Å². The molecule has 1 amide bonds. The zero-order chi connectivity index (χ0) is 23.7. The number of benzene rings is 3. The van der Waals surface area contributed by atoms with Crippen LogP contribution in [0.4, 0.5) is 5.69 Å². The van der Waals surface area contributed by atoms with E-state index >= 15 is 0 Å². The van der Waals surface area contributed by atoms with E-state index in [-0.39, 0.29) is 5.91 Å². The molecule has 2 heterocycles. The summed E-state index contributed by atoms with van der Waals surface area (Å²) in [4.78, 5) is 15.2. The van der Waals surface area contributed by atoms with Crippen LogP contribution in [0.1, 0.15) is 11.3 Å². The van der Waals surface area contributed by atoms with Crippen LogP contribution in [0.2, 0.25) is 10.0 Å². The van der Waals surface area contributed by atoms with Crippen LogP contribution in [0.3, 0.4) is 0 Å². The van der Waals surface area contributed by atoms with Crippen LogP contribution in [-0.4, -0.2) is 13.0 Å². The van der Waals surface area contributed by atoms with Gasteiger partial charge in [0.05, 0.1) is 17.8 Å². The van der Waals surface area contributed by atoms with Crippen molar-refractivity contribution in [1.29, 1.82) is 0 Å². The minimum absolute atomic E-state index is 0.150. The van der Waals surface area contributed by atoms with Crippen molar-refractivity contribution in [3.63, 3.8) is 0 Å². The van der Waals surface area contributed by atoms with Crippen molar-refractivity contribution in [1.82, 2.24) is 0 Å². The van der Waals surface area contributed by atoms with Crippen LogP contribution in [-0.2, 0) is 4.79 Å². The quantitative estimate of drug-likeness (QED) is 0.270. The molecule has 4 nitrogen and oxygen atoms in total. The van der Waals surface area contributed by atoms with Gasteiger partial charge in [-0.1, -0.05) is 53.5 Å². The van der Waals surface area contributed by atoms with Crippen LogP contribution >= 0.6 is 23.2 Å². The average molecular weight is 488 g/mol. The summed E-state index contributed by atoms with van der Waals surface area (Å²) in [6.45, 7) is 0. The molecule has 34 heavy (non-hydrogen) atoms. The summed E-state index contributed by atoms with van der Waals surface area (Å²) < 4.78 is 11.3. The van der Waals surface area contributed by atoms with Gasteiger partial charge in [-0.2, -0.15) is 0 Å². The molecule has 0 radical (unpaired) electrons. The van der Waals surface area contributed by atoms with E-state index in [0.717, 1.165) is 22.7 Å². The topological polar surface area (TPSA) is 42.7 Å². The van der Waals surface area contributed by atoms with Gasteiger partial charge >= 0.3 is 0 Å². The number of furan rings is 1. The first-order chi connectivity index (χ1) is 16.5. The summed E-state index contributed by atoms with van der Waals surface area (Å²) in [5.41, 5.74) is 3.66. The lowest BCUT2D eigenvalue weighted by Crippen LogP contribution is -2.24. The van der Waals surface area contributed by atoms with Gasteiger partial charge in [0.2, 0.25) is 0 Å². The summed E-state index contributed by atoms with van der Waals surface area (Å²) in [5.74, 6) is 1.68. The first kappa shape index (κ1) is 22.1. The maximum Gasteiger partial charge on any atom is 0.263 e. The fourth-order valence-electron chi connectivity index (χ4n) is 3.84. The Morgan fingerprint density at radius 3 is 2.41 bits per heavy atom. The number of hydrogen-bond donors (Lipinski definition) is 0. The van der Waals surface area contributed by atoms with E-state index in [1.165, 1.54) is 0 Å². The third-order valence-corrected chi connectivity index (χ3v) is 6.07. The van der Waals surface area contributed by atoms with Gasteiger partial charge in [0.1, 0.15) is 17.3 Å². The highest BCUT2D eigenvalue weighted by Gasteiger charge is 2.30. The van der Waals surface area contributed by atoms with Gasteiger partial charge in [-0.3, -0.25) is 9.69 Å². The highest BCUT2D eigenvalue weighted by atomic mass is 35.5. The first-order valence-electron chi connectivity index (χ1n) is 10.6. The molecule has 0 aliphatic carbocycles. The number of carbonyl (C=O) groups is 1. The van der Waals surface area contributed by atoms with E-state index in [2.05, 4.69) is 0 Å². The summed E-state index contributed by atoms with van der Waals surface area (Å²) in [6.07, 6.45) is 3.60. The molecular weight excluding hydrogens is 469 g/mol. The Balaban J connectivity index is 1.54. The zero-order valence-corrected chi connectivity index (χ0v) is 19.7. The van der Waals surface area contributed by atoms with Crippen molar-refractivity contribution < 1.29 is 13.9 Å². The lowest BCUT2D eigenvalue weighted by atomic mass is 10.1. The number of amides is 1. The molecule has 0 saturated carbocycles. The average Bonchev–Trinajstić information content (AvgIpc) is 3.46. The standard InChI is InChI=1S/C28H19Cl2NO3/c1-33-22-10-8-21(9-11-22)31-26(18-5-3-2-4-6-18)16-19(28(31)32)15-23-12-14-27(34-23)24-17-20(29)7-13-25(24)30/h2-17H,1H3/b19-15+. The zero-order valence-electron chi connectivity index (χ0n) is 18.2. The normalized spacial score (nSPS) is 14.6. The first-order valence-corrected chi connectivity index (χ1v) is 11.3. The molecule has 0 N–H and O–H groups in total. The van der Waals surface area contributed by atoms with Crippen molar-refractivity contribution >= 4 is 46.6 Å². The smallest absolute Gasteiger partial charge is 0.263 e. The van der Waals surface area contributed by atoms with Gasteiger partial charge in [-0.25, -0.2) is 0 Å². The van der Waals surface area contributed by atoms with Crippen molar-refractivity contribution in [3.05, 3.63) is 118 Å². The van der Waals surface area contributed by atoms with Crippen molar-refractivity contribution in [3.8, 4) is 17.1 Å². The molecule has 0 spiro atoms. The van der Waals surface area contributed by atoms with E-state index in [4.69, 9.17) is 32.4 Å². The Morgan fingerprint density at radius 2 is 1.68 bits per heavy atom.